The fraction of sp³-hybridized carbons (Fsp3) is 0.429. The molecule has 144 valence electrons. The van der Waals surface area contributed by atoms with Crippen LogP contribution in [0.15, 0.2) is 36.4 Å². The molecule has 3 aromatic rings. The van der Waals surface area contributed by atoms with Crippen molar-refractivity contribution in [2.75, 3.05) is 20.6 Å². The van der Waals surface area contributed by atoms with Gasteiger partial charge < -0.3 is 10.2 Å². The first-order chi connectivity index (χ1) is 12.9. The molecule has 27 heavy (non-hydrogen) atoms. The lowest BCUT2D eigenvalue weighted by atomic mass is 10.0. The molecule has 0 saturated carbocycles. The number of rotatable bonds is 7. The highest BCUT2D eigenvalue weighted by Crippen LogP contribution is 2.29. The topological polar surface area (TPSA) is 50.2 Å². The van der Waals surface area contributed by atoms with Crippen LogP contribution in [0.4, 0.5) is 0 Å². The second-order valence-electron chi connectivity index (χ2n) is 7.54. The molecular formula is C21H28N4OS. The predicted octanol–water partition coefficient (Wildman–Crippen LogP) is 3.77. The summed E-state index contributed by atoms with van der Waals surface area (Å²) in [4.78, 5) is 16.7. The van der Waals surface area contributed by atoms with Crippen LogP contribution in [0.25, 0.3) is 10.2 Å². The third kappa shape index (κ3) is 4.39. The Bertz CT molecular complexity index is 903. The number of amides is 1. The van der Waals surface area contributed by atoms with Crippen LogP contribution < -0.4 is 5.32 Å². The van der Waals surface area contributed by atoms with Crippen molar-refractivity contribution < 1.29 is 4.79 Å². The number of hydrogen-bond donors (Lipinski definition) is 1. The quantitative estimate of drug-likeness (QED) is 0.675. The molecule has 0 aliphatic rings. The molecule has 0 spiro atoms. The largest absolute Gasteiger partial charge is 0.350 e. The van der Waals surface area contributed by atoms with Gasteiger partial charge in [0, 0.05) is 18.0 Å². The minimum Gasteiger partial charge on any atom is -0.350 e. The number of carbonyl (C=O) groups excluding carboxylic acids is 1. The lowest BCUT2D eigenvalue weighted by molar-refractivity contribution is 0.0939. The first-order valence-corrected chi connectivity index (χ1v) is 10.1. The van der Waals surface area contributed by atoms with Gasteiger partial charge in [0.15, 0.2) is 0 Å². The lowest BCUT2D eigenvalue weighted by Crippen LogP contribution is -2.43. The molecule has 1 aromatic carbocycles. The van der Waals surface area contributed by atoms with Crippen molar-refractivity contribution in [3.05, 3.63) is 52.5 Å². The maximum atomic E-state index is 12.7. The Labute approximate surface area is 165 Å². The normalized spacial score (nSPS) is 12.9. The highest BCUT2D eigenvalue weighted by atomic mass is 32.1. The fourth-order valence-corrected chi connectivity index (χ4v) is 4.46. The molecule has 0 radical (unpaired) electrons. The highest BCUT2D eigenvalue weighted by molar-refractivity contribution is 7.20. The zero-order valence-electron chi connectivity index (χ0n) is 16.7. The average molecular weight is 385 g/mol. The maximum Gasteiger partial charge on any atom is 0.261 e. The summed E-state index contributed by atoms with van der Waals surface area (Å²) in [5.74, 6) is 0.471. The summed E-state index contributed by atoms with van der Waals surface area (Å²) < 4.78 is 2.00. The molecule has 5 nitrogen and oxygen atoms in total. The Morgan fingerprint density at radius 3 is 2.59 bits per heavy atom. The van der Waals surface area contributed by atoms with Gasteiger partial charge in [0.2, 0.25) is 0 Å². The second-order valence-corrected chi connectivity index (χ2v) is 8.57. The standard InChI is InChI=1S/C21H28N4OS/c1-14(2)18(24(4)5)12-22-20(26)19-11-17-15(3)23-25(21(17)27-19)13-16-9-7-6-8-10-16/h6-11,14,18H,12-13H2,1-5H3,(H,22,26). The summed E-state index contributed by atoms with van der Waals surface area (Å²) in [6.07, 6.45) is 0. The van der Waals surface area contributed by atoms with Crippen LogP contribution in [0.3, 0.4) is 0 Å². The monoisotopic (exact) mass is 384 g/mol. The smallest absolute Gasteiger partial charge is 0.261 e. The molecule has 0 saturated heterocycles. The van der Waals surface area contributed by atoms with Crippen LogP contribution >= 0.6 is 11.3 Å². The SMILES string of the molecule is Cc1nn(Cc2ccccc2)c2sc(C(=O)NCC(C(C)C)N(C)C)cc12. The number of hydrogen-bond acceptors (Lipinski definition) is 4. The van der Waals surface area contributed by atoms with Crippen LogP contribution in [0.2, 0.25) is 0 Å². The Kier molecular flexibility index (Phi) is 5.97. The molecule has 6 heteroatoms. The minimum atomic E-state index is -0.00522. The summed E-state index contributed by atoms with van der Waals surface area (Å²) >= 11 is 1.52. The average Bonchev–Trinajstić information content (AvgIpc) is 3.17. The molecule has 2 heterocycles. The highest BCUT2D eigenvalue weighted by Gasteiger charge is 2.20. The van der Waals surface area contributed by atoms with Crippen LogP contribution in [-0.4, -0.2) is 47.3 Å². The van der Waals surface area contributed by atoms with Gasteiger partial charge in [0.1, 0.15) is 4.83 Å². The van der Waals surface area contributed by atoms with Gasteiger partial charge in [-0.2, -0.15) is 5.10 Å². The van der Waals surface area contributed by atoms with Crippen molar-refractivity contribution in [2.24, 2.45) is 5.92 Å². The molecule has 0 aliphatic heterocycles. The van der Waals surface area contributed by atoms with E-state index in [0.717, 1.165) is 20.8 Å². The fourth-order valence-electron chi connectivity index (χ4n) is 3.39. The summed E-state index contributed by atoms with van der Waals surface area (Å²) in [7, 11) is 4.11. The van der Waals surface area contributed by atoms with Crippen molar-refractivity contribution in [3.63, 3.8) is 0 Å². The Hall–Kier alpha value is -2.18. The van der Waals surface area contributed by atoms with Gasteiger partial charge in [-0.15, -0.1) is 11.3 Å². The third-order valence-corrected chi connectivity index (χ3v) is 6.06. The number of nitrogens with zero attached hydrogens (tertiary/aromatic N) is 3. The van der Waals surface area contributed by atoms with E-state index in [1.54, 1.807) is 0 Å². The second kappa shape index (κ2) is 8.23. The molecule has 1 atom stereocenters. The van der Waals surface area contributed by atoms with Gasteiger partial charge >= 0.3 is 0 Å². The number of carbonyl (C=O) groups is 1. The molecule has 3 rings (SSSR count). The van der Waals surface area contributed by atoms with Crippen LogP contribution in [-0.2, 0) is 6.54 Å². The first kappa shape index (κ1) is 19.6. The number of aryl methyl sites for hydroxylation is 1. The summed E-state index contributed by atoms with van der Waals surface area (Å²) in [6, 6.07) is 12.6. The van der Waals surface area contributed by atoms with E-state index in [2.05, 4.69) is 55.4 Å². The van der Waals surface area contributed by atoms with E-state index in [1.807, 2.05) is 35.9 Å². The van der Waals surface area contributed by atoms with Crippen LogP contribution in [0.1, 0.15) is 34.8 Å². The molecular weight excluding hydrogens is 356 g/mol. The summed E-state index contributed by atoms with van der Waals surface area (Å²) in [6.45, 7) is 7.71. The number of nitrogens with one attached hydrogen (secondary N) is 1. The van der Waals surface area contributed by atoms with Crippen molar-refractivity contribution in [3.8, 4) is 0 Å². The summed E-state index contributed by atoms with van der Waals surface area (Å²) in [5, 5.41) is 8.82. The Balaban J connectivity index is 1.78. The van der Waals surface area contributed by atoms with Crippen molar-refractivity contribution in [1.82, 2.24) is 20.0 Å². The van der Waals surface area contributed by atoms with E-state index in [0.29, 0.717) is 25.0 Å². The van der Waals surface area contributed by atoms with Gasteiger partial charge in [0.25, 0.3) is 5.91 Å². The minimum absolute atomic E-state index is 0.00522. The van der Waals surface area contributed by atoms with E-state index in [9.17, 15) is 4.79 Å². The molecule has 0 aliphatic carbocycles. The Morgan fingerprint density at radius 1 is 1.26 bits per heavy atom. The van der Waals surface area contributed by atoms with E-state index < -0.39 is 0 Å². The molecule has 0 bridgehead atoms. The van der Waals surface area contributed by atoms with E-state index in [1.165, 1.54) is 16.9 Å². The van der Waals surface area contributed by atoms with Gasteiger partial charge in [-0.05, 0) is 38.6 Å². The third-order valence-electron chi connectivity index (χ3n) is 4.91. The van der Waals surface area contributed by atoms with Crippen molar-refractivity contribution >= 4 is 27.5 Å². The molecule has 1 N–H and O–H groups in total. The van der Waals surface area contributed by atoms with Crippen LogP contribution in [0.5, 0.6) is 0 Å². The molecule has 1 unspecified atom stereocenters. The zero-order valence-corrected chi connectivity index (χ0v) is 17.5. The molecule has 2 aromatic heterocycles. The van der Waals surface area contributed by atoms with Gasteiger partial charge in [0.05, 0.1) is 17.1 Å². The lowest BCUT2D eigenvalue weighted by Gasteiger charge is -2.27. The Morgan fingerprint density at radius 2 is 1.96 bits per heavy atom. The van der Waals surface area contributed by atoms with Crippen molar-refractivity contribution in [2.45, 2.75) is 33.4 Å². The molecule has 1 amide bonds. The van der Waals surface area contributed by atoms with Crippen molar-refractivity contribution in [1.29, 1.82) is 0 Å². The zero-order chi connectivity index (χ0) is 19.6. The van der Waals surface area contributed by atoms with Crippen LogP contribution in [0, 0.1) is 12.8 Å². The van der Waals surface area contributed by atoms with E-state index in [4.69, 9.17) is 0 Å². The number of fused-ring (bicyclic) bond motifs is 1. The van der Waals surface area contributed by atoms with E-state index >= 15 is 0 Å². The molecule has 0 fully saturated rings. The van der Waals surface area contributed by atoms with Gasteiger partial charge in [-0.3, -0.25) is 9.48 Å². The predicted molar refractivity (Wildman–Crippen MR) is 113 cm³/mol. The summed E-state index contributed by atoms with van der Waals surface area (Å²) in [5.41, 5.74) is 2.16. The number of thiophene rings is 1. The maximum absolute atomic E-state index is 12.7. The number of benzene rings is 1. The number of aromatic nitrogens is 2. The van der Waals surface area contributed by atoms with Gasteiger partial charge in [-0.25, -0.2) is 0 Å². The van der Waals surface area contributed by atoms with E-state index in [-0.39, 0.29) is 5.91 Å². The first-order valence-electron chi connectivity index (χ1n) is 9.32. The number of likely N-dealkylation sites (N-methyl/N-ethyl adjacent to an activating group) is 1. The van der Waals surface area contributed by atoms with Gasteiger partial charge in [-0.1, -0.05) is 44.2 Å².